The highest BCUT2D eigenvalue weighted by atomic mass is 16.6. The molecule has 0 radical (unpaired) electrons. The van der Waals surface area contributed by atoms with Gasteiger partial charge in [0.15, 0.2) is 0 Å². The van der Waals surface area contributed by atoms with Gasteiger partial charge in [-0.25, -0.2) is 4.79 Å². The van der Waals surface area contributed by atoms with E-state index in [1.807, 2.05) is 0 Å². The van der Waals surface area contributed by atoms with E-state index in [-0.39, 0.29) is 17.0 Å². The number of carbonyl (C=O) groups excluding carboxylic acids is 1. The summed E-state index contributed by atoms with van der Waals surface area (Å²) in [4.78, 5) is 12.2. The Morgan fingerprint density at radius 2 is 1.80 bits per heavy atom. The van der Waals surface area contributed by atoms with Crippen molar-refractivity contribution in [2.24, 2.45) is 17.3 Å². The maximum Gasteiger partial charge on any atom is 0.333 e. The zero-order valence-electron chi connectivity index (χ0n) is 13.6. The van der Waals surface area contributed by atoms with Gasteiger partial charge in [-0.05, 0) is 56.3 Å². The first-order valence-corrected chi connectivity index (χ1v) is 8.13. The number of ether oxygens (including phenoxy) is 1. The Morgan fingerprint density at radius 1 is 1.20 bits per heavy atom. The molecule has 2 aliphatic carbocycles. The van der Waals surface area contributed by atoms with Crippen LogP contribution in [0.4, 0.5) is 0 Å². The van der Waals surface area contributed by atoms with Gasteiger partial charge < -0.3 is 4.74 Å². The van der Waals surface area contributed by atoms with Crippen LogP contribution in [0.2, 0.25) is 0 Å². The molecule has 0 aromatic rings. The fourth-order valence-corrected chi connectivity index (χ4v) is 4.76. The fraction of sp³-hybridized carbons (Fsp3) is 0.833. The summed E-state index contributed by atoms with van der Waals surface area (Å²) in [7, 11) is 0. The van der Waals surface area contributed by atoms with Gasteiger partial charge in [0.05, 0.1) is 0 Å². The van der Waals surface area contributed by atoms with Gasteiger partial charge in [-0.3, -0.25) is 0 Å². The third-order valence-corrected chi connectivity index (χ3v) is 5.12. The molecule has 0 N–H and O–H groups in total. The maximum absolute atomic E-state index is 12.2. The topological polar surface area (TPSA) is 26.3 Å². The molecule has 0 amide bonds. The van der Waals surface area contributed by atoms with E-state index >= 15 is 0 Å². The highest BCUT2D eigenvalue weighted by molar-refractivity contribution is 5.87. The van der Waals surface area contributed by atoms with E-state index < -0.39 is 0 Å². The molecule has 0 aromatic heterocycles. The first-order chi connectivity index (χ1) is 9.24. The number of hydrogen-bond donors (Lipinski definition) is 0. The minimum atomic E-state index is -0.242. The van der Waals surface area contributed by atoms with E-state index in [4.69, 9.17) is 4.74 Å². The lowest BCUT2D eigenvalue weighted by molar-refractivity contribution is -0.176. The molecule has 20 heavy (non-hydrogen) atoms. The van der Waals surface area contributed by atoms with Gasteiger partial charge in [0.1, 0.15) is 5.60 Å². The number of rotatable bonds is 3. The second kappa shape index (κ2) is 5.54. The van der Waals surface area contributed by atoms with E-state index in [1.165, 1.54) is 32.1 Å². The SMILES string of the molecule is C=C(C)C(=O)OC1(C2CCCC2)CC(C)CC(C)(C)C1. The Bertz CT molecular complexity index is 390. The van der Waals surface area contributed by atoms with Crippen molar-refractivity contribution in [3.63, 3.8) is 0 Å². The molecule has 2 atom stereocenters. The van der Waals surface area contributed by atoms with Crippen molar-refractivity contribution in [3.05, 3.63) is 12.2 Å². The van der Waals surface area contributed by atoms with E-state index in [0.29, 0.717) is 17.4 Å². The molecule has 0 heterocycles. The van der Waals surface area contributed by atoms with E-state index in [2.05, 4.69) is 27.4 Å². The van der Waals surface area contributed by atoms with Crippen molar-refractivity contribution in [1.29, 1.82) is 0 Å². The Morgan fingerprint density at radius 3 is 2.30 bits per heavy atom. The first kappa shape index (κ1) is 15.6. The van der Waals surface area contributed by atoms with Crippen LogP contribution in [0.5, 0.6) is 0 Å². The summed E-state index contributed by atoms with van der Waals surface area (Å²) < 4.78 is 6.09. The molecule has 2 rings (SSSR count). The third-order valence-electron chi connectivity index (χ3n) is 5.12. The van der Waals surface area contributed by atoms with Gasteiger partial charge in [-0.15, -0.1) is 0 Å². The summed E-state index contributed by atoms with van der Waals surface area (Å²) in [6.07, 6.45) is 8.26. The molecule has 0 aliphatic heterocycles. The Kier molecular flexibility index (Phi) is 4.32. The number of carbonyl (C=O) groups is 1. The summed E-state index contributed by atoms with van der Waals surface area (Å²) in [5.74, 6) is 0.979. The number of hydrogen-bond acceptors (Lipinski definition) is 2. The second-order valence-corrected chi connectivity index (χ2v) is 8.07. The zero-order chi connectivity index (χ0) is 15.0. The van der Waals surface area contributed by atoms with Crippen LogP contribution in [0.1, 0.15) is 72.6 Å². The average Bonchev–Trinajstić information content (AvgIpc) is 2.79. The highest BCUT2D eigenvalue weighted by Gasteiger charge is 2.50. The van der Waals surface area contributed by atoms with Gasteiger partial charge >= 0.3 is 5.97 Å². The lowest BCUT2D eigenvalue weighted by atomic mass is 9.61. The van der Waals surface area contributed by atoms with E-state index in [1.54, 1.807) is 6.92 Å². The molecule has 0 saturated heterocycles. The van der Waals surface area contributed by atoms with Crippen molar-refractivity contribution >= 4 is 5.97 Å². The van der Waals surface area contributed by atoms with Crippen LogP contribution in [-0.4, -0.2) is 11.6 Å². The first-order valence-electron chi connectivity index (χ1n) is 8.13. The Hall–Kier alpha value is -0.790. The minimum absolute atomic E-state index is 0.193. The van der Waals surface area contributed by atoms with Crippen LogP contribution < -0.4 is 0 Å². The van der Waals surface area contributed by atoms with E-state index in [9.17, 15) is 4.79 Å². The van der Waals surface area contributed by atoms with Gasteiger partial charge in [0.25, 0.3) is 0 Å². The summed E-state index contributed by atoms with van der Waals surface area (Å²) in [6, 6.07) is 0. The van der Waals surface area contributed by atoms with Crippen LogP contribution in [0.15, 0.2) is 12.2 Å². The van der Waals surface area contributed by atoms with Crippen LogP contribution in [0, 0.1) is 17.3 Å². The molecule has 2 unspecified atom stereocenters. The molecule has 2 heteroatoms. The predicted octanol–water partition coefficient (Wildman–Crippen LogP) is 4.88. The van der Waals surface area contributed by atoms with Gasteiger partial charge in [-0.2, -0.15) is 0 Å². The van der Waals surface area contributed by atoms with Crippen molar-refractivity contribution in [2.75, 3.05) is 0 Å². The van der Waals surface area contributed by atoms with Gasteiger partial charge in [-0.1, -0.05) is 40.2 Å². The standard InChI is InChI=1S/C18H30O2/c1-13(2)16(19)20-18(15-8-6-7-9-15)11-14(3)10-17(4,5)12-18/h14-15H,1,6-12H2,2-5H3. The minimum Gasteiger partial charge on any atom is -0.455 e. The zero-order valence-corrected chi connectivity index (χ0v) is 13.6. The number of esters is 1. The third kappa shape index (κ3) is 3.27. The normalized spacial score (nSPS) is 33.9. The molecular weight excluding hydrogens is 248 g/mol. The molecule has 0 aromatic carbocycles. The quantitative estimate of drug-likeness (QED) is 0.543. The molecule has 114 valence electrons. The van der Waals surface area contributed by atoms with Crippen LogP contribution >= 0.6 is 0 Å². The van der Waals surface area contributed by atoms with Crippen molar-refractivity contribution < 1.29 is 9.53 Å². The molecule has 2 nitrogen and oxygen atoms in total. The Labute approximate surface area is 124 Å². The van der Waals surface area contributed by atoms with Crippen molar-refractivity contribution in [3.8, 4) is 0 Å². The fourth-order valence-electron chi connectivity index (χ4n) is 4.76. The van der Waals surface area contributed by atoms with Gasteiger partial charge in [0, 0.05) is 5.57 Å². The van der Waals surface area contributed by atoms with Crippen LogP contribution in [0.25, 0.3) is 0 Å². The summed E-state index contributed by atoms with van der Waals surface area (Å²) in [6.45, 7) is 12.5. The van der Waals surface area contributed by atoms with Crippen LogP contribution in [-0.2, 0) is 9.53 Å². The second-order valence-electron chi connectivity index (χ2n) is 8.07. The lowest BCUT2D eigenvalue weighted by Gasteiger charge is -2.50. The molecule has 2 aliphatic rings. The largest absolute Gasteiger partial charge is 0.455 e. The summed E-state index contributed by atoms with van der Waals surface area (Å²) in [5.41, 5.74) is 0.543. The maximum atomic E-state index is 12.2. The molecule has 0 bridgehead atoms. The predicted molar refractivity (Wildman–Crippen MR) is 82.4 cm³/mol. The Balaban J connectivity index is 2.27. The molecule has 0 spiro atoms. The van der Waals surface area contributed by atoms with E-state index in [0.717, 1.165) is 12.8 Å². The smallest absolute Gasteiger partial charge is 0.333 e. The summed E-state index contributed by atoms with van der Waals surface area (Å²) in [5, 5.41) is 0. The van der Waals surface area contributed by atoms with Crippen molar-refractivity contribution in [2.45, 2.75) is 78.2 Å². The van der Waals surface area contributed by atoms with Gasteiger partial charge in [0.2, 0.25) is 0 Å². The molecular formula is C18H30O2. The summed E-state index contributed by atoms with van der Waals surface area (Å²) >= 11 is 0. The van der Waals surface area contributed by atoms with Crippen molar-refractivity contribution in [1.82, 2.24) is 0 Å². The molecule has 2 fully saturated rings. The monoisotopic (exact) mass is 278 g/mol. The van der Waals surface area contributed by atoms with Crippen LogP contribution in [0.3, 0.4) is 0 Å². The lowest BCUT2D eigenvalue weighted by Crippen LogP contribution is -2.50. The highest BCUT2D eigenvalue weighted by Crippen LogP contribution is 2.52. The average molecular weight is 278 g/mol. The molecule has 2 saturated carbocycles.